The summed E-state index contributed by atoms with van der Waals surface area (Å²) in [5, 5.41) is 0.400. The highest BCUT2D eigenvalue weighted by Crippen LogP contribution is 2.23. The fraction of sp³-hybridized carbons (Fsp3) is 0.250. The summed E-state index contributed by atoms with van der Waals surface area (Å²) in [6, 6.07) is 13.0. The summed E-state index contributed by atoms with van der Waals surface area (Å²) in [6.45, 7) is 5.38. The molecule has 0 aliphatic rings. The number of nitrogens with zero attached hydrogens (tertiary/aromatic N) is 1. The van der Waals surface area contributed by atoms with Crippen molar-refractivity contribution in [3.63, 3.8) is 0 Å². The quantitative estimate of drug-likeness (QED) is 0.365. The van der Waals surface area contributed by atoms with Crippen molar-refractivity contribution in [1.29, 1.82) is 0 Å². The maximum atomic E-state index is 12.5. The van der Waals surface area contributed by atoms with Gasteiger partial charge in [-0.2, -0.15) is 0 Å². The van der Waals surface area contributed by atoms with E-state index in [1.807, 2.05) is 56.3 Å². The van der Waals surface area contributed by atoms with E-state index in [1.165, 1.54) is 0 Å². The SMILES string of the molecule is Cc1ccc(C)c(C(=O)[C@H](C)OC(=O)CSc2nc3ccccc3o2)c1. The van der Waals surface area contributed by atoms with Crippen LogP contribution in [-0.4, -0.2) is 28.6 Å². The summed E-state index contributed by atoms with van der Waals surface area (Å²) in [5.41, 5.74) is 3.84. The van der Waals surface area contributed by atoms with Crippen LogP contribution in [0.2, 0.25) is 0 Å². The first kappa shape index (κ1) is 18.2. The fourth-order valence-electron chi connectivity index (χ4n) is 2.54. The van der Waals surface area contributed by atoms with Crippen molar-refractivity contribution < 1.29 is 18.7 Å². The van der Waals surface area contributed by atoms with Gasteiger partial charge in [0, 0.05) is 5.56 Å². The van der Waals surface area contributed by atoms with Gasteiger partial charge >= 0.3 is 5.97 Å². The summed E-state index contributed by atoms with van der Waals surface area (Å²) in [7, 11) is 0. The summed E-state index contributed by atoms with van der Waals surface area (Å²) in [6.07, 6.45) is -0.841. The van der Waals surface area contributed by atoms with Gasteiger partial charge in [-0.25, -0.2) is 4.98 Å². The number of aromatic nitrogens is 1. The molecule has 0 unspecified atom stereocenters. The van der Waals surface area contributed by atoms with Crippen molar-refractivity contribution >= 4 is 34.6 Å². The number of carbonyl (C=O) groups is 2. The Morgan fingerprint density at radius 2 is 1.96 bits per heavy atom. The van der Waals surface area contributed by atoms with Gasteiger partial charge < -0.3 is 9.15 Å². The van der Waals surface area contributed by atoms with E-state index in [9.17, 15) is 9.59 Å². The molecule has 3 rings (SSSR count). The number of hydrogen-bond acceptors (Lipinski definition) is 6. The number of carbonyl (C=O) groups excluding carboxylic acids is 2. The molecule has 26 heavy (non-hydrogen) atoms. The number of oxazole rings is 1. The molecule has 0 aliphatic carbocycles. The number of Topliss-reactive ketones (excluding diaryl/α,β-unsaturated/α-hetero) is 1. The number of fused-ring (bicyclic) bond motifs is 1. The van der Waals surface area contributed by atoms with Crippen LogP contribution < -0.4 is 0 Å². The van der Waals surface area contributed by atoms with Crippen LogP contribution in [0.3, 0.4) is 0 Å². The van der Waals surface area contributed by atoms with E-state index in [2.05, 4.69) is 4.98 Å². The molecule has 2 aromatic carbocycles. The van der Waals surface area contributed by atoms with Crippen molar-refractivity contribution in [2.75, 3.05) is 5.75 Å². The molecule has 0 spiro atoms. The van der Waals surface area contributed by atoms with E-state index < -0.39 is 12.1 Å². The van der Waals surface area contributed by atoms with Gasteiger partial charge in [-0.1, -0.05) is 41.6 Å². The van der Waals surface area contributed by atoms with Crippen LogP contribution in [0.25, 0.3) is 11.1 Å². The van der Waals surface area contributed by atoms with Crippen molar-refractivity contribution in [3.8, 4) is 0 Å². The highest BCUT2D eigenvalue weighted by Gasteiger charge is 2.21. The summed E-state index contributed by atoms with van der Waals surface area (Å²) in [5.74, 6) is -0.660. The van der Waals surface area contributed by atoms with Crippen LogP contribution in [0.4, 0.5) is 0 Å². The number of esters is 1. The second-order valence-corrected chi connectivity index (χ2v) is 6.98. The molecule has 6 heteroatoms. The maximum absolute atomic E-state index is 12.5. The van der Waals surface area contributed by atoms with Crippen molar-refractivity contribution in [2.24, 2.45) is 0 Å². The van der Waals surface area contributed by atoms with Crippen LogP contribution in [-0.2, 0) is 9.53 Å². The molecule has 134 valence electrons. The average molecular weight is 369 g/mol. The zero-order chi connectivity index (χ0) is 18.7. The first-order valence-electron chi connectivity index (χ1n) is 8.23. The Morgan fingerprint density at radius 3 is 2.73 bits per heavy atom. The highest BCUT2D eigenvalue weighted by atomic mass is 32.2. The van der Waals surface area contributed by atoms with E-state index in [4.69, 9.17) is 9.15 Å². The first-order valence-corrected chi connectivity index (χ1v) is 9.22. The lowest BCUT2D eigenvalue weighted by Crippen LogP contribution is -2.26. The minimum Gasteiger partial charge on any atom is -0.454 e. The summed E-state index contributed by atoms with van der Waals surface area (Å²) in [4.78, 5) is 28.9. The number of aryl methyl sites for hydroxylation is 2. The minimum atomic E-state index is -0.841. The lowest BCUT2D eigenvalue weighted by molar-refractivity contribution is -0.143. The molecule has 0 saturated carbocycles. The molecule has 0 N–H and O–H groups in total. The van der Waals surface area contributed by atoms with E-state index >= 15 is 0 Å². The van der Waals surface area contributed by atoms with Crippen molar-refractivity contribution in [3.05, 3.63) is 59.2 Å². The van der Waals surface area contributed by atoms with Crippen molar-refractivity contribution in [1.82, 2.24) is 4.98 Å². The standard InChI is InChI=1S/C20H19NO4S/c1-12-8-9-13(2)15(10-12)19(23)14(3)24-18(22)11-26-20-21-16-6-4-5-7-17(16)25-20/h4-10,14H,11H2,1-3H3/t14-/m0/s1. The minimum absolute atomic E-state index is 0.0250. The van der Waals surface area contributed by atoms with Gasteiger partial charge in [-0.15, -0.1) is 0 Å². The zero-order valence-corrected chi connectivity index (χ0v) is 15.6. The van der Waals surface area contributed by atoms with Crippen LogP contribution in [0.1, 0.15) is 28.4 Å². The molecule has 0 fully saturated rings. The summed E-state index contributed by atoms with van der Waals surface area (Å²) >= 11 is 1.15. The molecular weight excluding hydrogens is 350 g/mol. The van der Waals surface area contributed by atoms with Gasteiger partial charge in [0.05, 0.1) is 0 Å². The molecule has 3 aromatic rings. The second kappa shape index (κ2) is 7.74. The highest BCUT2D eigenvalue weighted by molar-refractivity contribution is 7.99. The van der Waals surface area contributed by atoms with Crippen molar-refractivity contribution in [2.45, 2.75) is 32.1 Å². The van der Waals surface area contributed by atoms with Gasteiger partial charge in [0.2, 0.25) is 5.78 Å². The van der Waals surface area contributed by atoms with Crippen LogP contribution in [0.5, 0.6) is 0 Å². The topological polar surface area (TPSA) is 69.4 Å². The third-order valence-electron chi connectivity index (χ3n) is 3.92. The smallest absolute Gasteiger partial charge is 0.317 e. The zero-order valence-electron chi connectivity index (χ0n) is 14.8. The van der Waals surface area contributed by atoms with Gasteiger partial charge in [-0.05, 0) is 44.5 Å². The first-order chi connectivity index (χ1) is 12.4. The van der Waals surface area contributed by atoms with Gasteiger partial charge in [-0.3, -0.25) is 9.59 Å². The third kappa shape index (κ3) is 4.14. The maximum Gasteiger partial charge on any atom is 0.317 e. The van der Waals surface area contributed by atoms with Crippen LogP contribution >= 0.6 is 11.8 Å². The normalized spacial score (nSPS) is 12.1. The Morgan fingerprint density at radius 1 is 1.19 bits per heavy atom. The Bertz CT molecular complexity index is 930. The molecule has 1 atom stereocenters. The second-order valence-electron chi connectivity index (χ2n) is 6.05. The lowest BCUT2D eigenvalue weighted by Gasteiger charge is -2.14. The van der Waals surface area contributed by atoms with E-state index in [0.717, 1.165) is 28.4 Å². The van der Waals surface area contributed by atoms with Crippen LogP contribution in [0, 0.1) is 13.8 Å². The van der Waals surface area contributed by atoms with Crippen LogP contribution in [0.15, 0.2) is 52.1 Å². The van der Waals surface area contributed by atoms with E-state index in [1.54, 1.807) is 6.92 Å². The third-order valence-corrected chi connectivity index (χ3v) is 4.73. The predicted molar refractivity (Wildman–Crippen MR) is 101 cm³/mol. The number of para-hydroxylation sites is 2. The number of benzene rings is 2. The predicted octanol–water partition coefficient (Wildman–Crippen LogP) is 4.35. The molecular formula is C20H19NO4S. The van der Waals surface area contributed by atoms with E-state index in [0.29, 0.717) is 16.4 Å². The monoisotopic (exact) mass is 369 g/mol. The van der Waals surface area contributed by atoms with Gasteiger partial charge in [0.15, 0.2) is 11.7 Å². The Kier molecular flexibility index (Phi) is 5.42. The molecule has 0 radical (unpaired) electrons. The number of thioether (sulfide) groups is 1. The lowest BCUT2D eigenvalue weighted by atomic mass is 9.99. The van der Waals surface area contributed by atoms with Gasteiger partial charge in [0.1, 0.15) is 11.3 Å². The largest absolute Gasteiger partial charge is 0.454 e. The Hall–Kier alpha value is -2.60. The van der Waals surface area contributed by atoms with Gasteiger partial charge in [0.25, 0.3) is 5.22 Å². The molecule has 0 saturated heterocycles. The Balaban J connectivity index is 1.58. The average Bonchev–Trinajstić information content (AvgIpc) is 3.04. The number of rotatable bonds is 6. The Labute approximate surface area is 155 Å². The summed E-state index contributed by atoms with van der Waals surface area (Å²) < 4.78 is 10.8. The number of ketones is 1. The molecule has 0 amide bonds. The fourth-order valence-corrected chi connectivity index (χ4v) is 3.16. The molecule has 1 heterocycles. The molecule has 0 aliphatic heterocycles. The van der Waals surface area contributed by atoms with E-state index in [-0.39, 0.29) is 11.5 Å². The molecule has 1 aromatic heterocycles. The number of ether oxygens (including phenoxy) is 1. The molecule has 0 bridgehead atoms. The molecule has 5 nitrogen and oxygen atoms in total. The number of hydrogen-bond donors (Lipinski definition) is 0.